The summed E-state index contributed by atoms with van der Waals surface area (Å²) in [6.45, 7) is 1.02. The molecule has 0 heterocycles. The second-order valence-electron chi connectivity index (χ2n) is 3.93. The van der Waals surface area contributed by atoms with Crippen molar-refractivity contribution >= 4 is 12.1 Å². The molecule has 0 aliphatic heterocycles. The third-order valence-electron chi connectivity index (χ3n) is 2.24. The van der Waals surface area contributed by atoms with Crippen LogP contribution in [0.4, 0.5) is 9.59 Å². The smallest absolute Gasteiger partial charge is 0.336 e. The molecule has 0 saturated carbocycles. The van der Waals surface area contributed by atoms with Crippen LogP contribution in [0.25, 0.3) is 0 Å². The minimum Gasteiger partial charge on any atom is -0.336 e. The first-order chi connectivity index (χ1) is 8.45. The lowest BCUT2D eigenvalue weighted by atomic mass is 10.2. The molecule has 0 saturated heterocycles. The SMILES string of the molecule is CN(O)C(=O)NCCCCCCNC(=O)N(C)O. The van der Waals surface area contributed by atoms with Crippen LogP contribution < -0.4 is 10.6 Å². The van der Waals surface area contributed by atoms with Crippen LogP contribution in [0.5, 0.6) is 0 Å². The summed E-state index contributed by atoms with van der Waals surface area (Å²) >= 11 is 0. The van der Waals surface area contributed by atoms with Crippen molar-refractivity contribution in [3.63, 3.8) is 0 Å². The number of unbranched alkanes of at least 4 members (excludes halogenated alkanes) is 3. The lowest BCUT2D eigenvalue weighted by molar-refractivity contribution is -0.0183. The van der Waals surface area contributed by atoms with Gasteiger partial charge in [0.1, 0.15) is 0 Å². The van der Waals surface area contributed by atoms with Crippen LogP contribution in [0.1, 0.15) is 25.7 Å². The summed E-state index contributed by atoms with van der Waals surface area (Å²) in [6.07, 6.45) is 3.46. The minimum atomic E-state index is -0.520. The van der Waals surface area contributed by atoms with E-state index in [1.54, 1.807) is 0 Å². The van der Waals surface area contributed by atoms with Crippen molar-refractivity contribution in [2.45, 2.75) is 25.7 Å². The summed E-state index contributed by atoms with van der Waals surface area (Å²) in [5, 5.41) is 23.6. The number of hydrogen-bond acceptors (Lipinski definition) is 4. The van der Waals surface area contributed by atoms with Crippen molar-refractivity contribution in [3.05, 3.63) is 0 Å². The van der Waals surface area contributed by atoms with E-state index in [1.807, 2.05) is 0 Å². The van der Waals surface area contributed by atoms with Crippen LogP contribution >= 0.6 is 0 Å². The molecular formula is C10H22N4O4. The van der Waals surface area contributed by atoms with Gasteiger partial charge in [0.2, 0.25) is 0 Å². The van der Waals surface area contributed by atoms with Gasteiger partial charge in [-0.15, -0.1) is 0 Å². The fourth-order valence-electron chi connectivity index (χ4n) is 1.22. The van der Waals surface area contributed by atoms with Gasteiger partial charge < -0.3 is 10.6 Å². The quantitative estimate of drug-likeness (QED) is 0.306. The fourth-order valence-corrected chi connectivity index (χ4v) is 1.22. The molecule has 4 amide bonds. The number of nitrogens with one attached hydrogen (secondary N) is 2. The van der Waals surface area contributed by atoms with Gasteiger partial charge in [-0.2, -0.15) is 0 Å². The van der Waals surface area contributed by atoms with Gasteiger partial charge in [0.05, 0.1) is 0 Å². The van der Waals surface area contributed by atoms with Gasteiger partial charge in [0.15, 0.2) is 0 Å². The molecule has 0 aliphatic carbocycles. The van der Waals surface area contributed by atoms with Crippen LogP contribution in [0.3, 0.4) is 0 Å². The number of amides is 4. The van der Waals surface area contributed by atoms with Crippen LogP contribution in [0, 0.1) is 0 Å². The van der Waals surface area contributed by atoms with Crippen molar-refractivity contribution in [1.82, 2.24) is 20.8 Å². The van der Waals surface area contributed by atoms with E-state index in [0.717, 1.165) is 25.7 Å². The van der Waals surface area contributed by atoms with Gasteiger partial charge in [0, 0.05) is 27.2 Å². The summed E-state index contributed by atoms with van der Waals surface area (Å²) < 4.78 is 0. The second kappa shape index (κ2) is 9.49. The maximum atomic E-state index is 10.9. The zero-order valence-corrected chi connectivity index (χ0v) is 10.8. The Balaban J connectivity index is 3.27. The molecule has 0 spiro atoms. The van der Waals surface area contributed by atoms with Crippen molar-refractivity contribution < 1.29 is 20.0 Å². The van der Waals surface area contributed by atoms with Crippen LogP contribution in [0.15, 0.2) is 0 Å². The van der Waals surface area contributed by atoms with E-state index in [2.05, 4.69) is 10.6 Å². The minimum absolute atomic E-state index is 0.501. The van der Waals surface area contributed by atoms with E-state index in [1.165, 1.54) is 14.1 Å². The van der Waals surface area contributed by atoms with E-state index < -0.39 is 12.1 Å². The average Bonchev–Trinajstić information content (AvgIpc) is 2.31. The maximum Gasteiger partial charge on any atom is 0.340 e. The fraction of sp³-hybridized carbons (Fsp3) is 0.800. The Morgan fingerprint density at radius 2 is 1.17 bits per heavy atom. The van der Waals surface area contributed by atoms with E-state index >= 15 is 0 Å². The molecule has 4 N–H and O–H groups in total. The standard InChI is InChI=1S/C10H22N4O4/c1-13(17)9(15)11-7-5-3-4-6-8-12-10(16)14(2)18/h17-18H,3-8H2,1-2H3,(H,11,15)(H,12,16). The van der Waals surface area contributed by atoms with Crippen molar-refractivity contribution in [2.75, 3.05) is 27.2 Å². The summed E-state index contributed by atoms with van der Waals surface area (Å²) in [5.74, 6) is 0. The predicted octanol–water partition coefficient (Wildman–Crippen LogP) is 0.608. The van der Waals surface area contributed by atoms with Gasteiger partial charge >= 0.3 is 12.1 Å². The first-order valence-corrected chi connectivity index (χ1v) is 5.86. The molecule has 0 aromatic rings. The molecular weight excluding hydrogens is 240 g/mol. The first kappa shape index (κ1) is 16.5. The normalized spacial score (nSPS) is 9.78. The first-order valence-electron chi connectivity index (χ1n) is 5.86. The van der Waals surface area contributed by atoms with E-state index in [4.69, 9.17) is 10.4 Å². The van der Waals surface area contributed by atoms with Gasteiger partial charge in [-0.1, -0.05) is 12.8 Å². The van der Waals surface area contributed by atoms with Crippen LogP contribution in [-0.4, -0.2) is 59.8 Å². The highest BCUT2D eigenvalue weighted by Crippen LogP contribution is 1.98. The summed E-state index contributed by atoms with van der Waals surface area (Å²) in [4.78, 5) is 21.8. The molecule has 0 atom stereocenters. The highest BCUT2D eigenvalue weighted by Gasteiger charge is 2.03. The molecule has 0 fully saturated rings. The molecule has 18 heavy (non-hydrogen) atoms. The number of rotatable bonds is 7. The molecule has 0 aromatic carbocycles. The highest BCUT2D eigenvalue weighted by atomic mass is 16.5. The summed E-state index contributed by atoms with van der Waals surface area (Å²) in [7, 11) is 2.52. The maximum absolute atomic E-state index is 10.9. The van der Waals surface area contributed by atoms with Crippen molar-refractivity contribution in [1.29, 1.82) is 0 Å². The number of urea groups is 2. The Hall–Kier alpha value is -1.54. The number of nitrogens with zero attached hydrogens (tertiary/aromatic N) is 2. The molecule has 0 aromatic heterocycles. The van der Waals surface area contributed by atoms with E-state index in [0.29, 0.717) is 23.2 Å². The molecule has 0 rings (SSSR count). The van der Waals surface area contributed by atoms with Gasteiger partial charge in [-0.25, -0.2) is 19.7 Å². The lowest BCUT2D eigenvalue weighted by Crippen LogP contribution is -2.35. The predicted molar refractivity (Wildman–Crippen MR) is 64.4 cm³/mol. The van der Waals surface area contributed by atoms with Gasteiger partial charge in [0.25, 0.3) is 0 Å². The highest BCUT2D eigenvalue weighted by molar-refractivity contribution is 5.72. The molecule has 106 valence electrons. The molecule has 0 bridgehead atoms. The van der Waals surface area contributed by atoms with Crippen molar-refractivity contribution in [2.24, 2.45) is 0 Å². The van der Waals surface area contributed by atoms with Gasteiger partial charge in [-0.05, 0) is 12.8 Å². The monoisotopic (exact) mass is 262 g/mol. The Labute approximate surface area is 106 Å². The van der Waals surface area contributed by atoms with E-state index in [9.17, 15) is 9.59 Å². The zero-order chi connectivity index (χ0) is 14.0. The second-order valence-corrected chi connectivity index (χ2v) is 3.93. The number of hydrogen-bond donors (Lipinski definition) is 4. The summed E-state index contributed by atoms with van der Waals surface area (Å²) in [6, 6.07) is -1.04. The molecule has 8 nitrogen and oxygen atoms in total. The van der Waals surface area contributed by atoms with Crippen LogP contribution in [-0.2, 0) is 0 Å². The van der Waals surface area contributed by atoms with E-state index in [-0.39, 0.29) is 0 Å². The topological polar surface area (TPSA) is 105 Å². The summed E-state index contributed by atoms with van der Waals surface area (Å²) in [5.41, 5.74) is 0. The zero-order valence-electron chi connectivity index (χ0n) is 10.8. The number of carbonyl (C=O) groups excluding carboxylic acids is 2. The third kappa shape index (κ3) is 8.59. The molecule has 0 radical (unpaired) electrons. The molecule has 0 aliphatic rings. The Morgan fingerprint density at radius 3 is 1.44 bits per heavy atom. The number of hydroxylamine groups is 4. The lowest BCUT2D eigenvalue weighted by Gasteiger charge is -2.10. The molecule has 8 heteroatoms. The largest absolute Gasteiger partial charge is 0.340 e. The molecule has 0 unspecified atom stereocenters. The third-order valence-corrected chi connectivity index (χ3v) is 2.24. The Bertz CT molecular complexity index is 232. The van der Waals surface area contributed by atoms with Gasteiger partial charge in [-0.3, -0.25) is 10.4 Å². The number of carbonyl (C=O) groups is 2. The Morgan fingerprint density at radius 1 is 0.833 bits per heavy atom. The average molecular weight is 262 g/mol. The van der Waals surface area contributed by atoms with Crippen LogP contribution in [0.2, 0.25) is 0 Å². The Kier molecular flexibility index (Phi) is 8.67. The van der Waals surface area contributed by atoms with Crippen molar-refractivity contribution in [3.8, 4) is 0 Å².